The lowest BCUT2D eigenvalue weighted by atomic mass is 10.4. The van der Waals surface area contributed by atoms with Gasteiger partial charge in [-0.2, -0.15) is 0 Å². The summed E-state index contributed by atoms with van der Waals surface area (Å²) in [5.41, 5.74) is 0. The summed E-state index contributed by atoms with van der Waals surface area (Å²) in [6.07, 6.45) is 0. The fourth-order valence-electron chi connectivity index (χ4n) is 1.54. The second-order valence-electron chi connectivity index (χ2n) is 4.60. The van der Waals surface area contributed by atoms with Gasteiger partial charge in [0.1, 0.15) is 23.0 Å². The molecule has 116 valence electrons. The van der Waals surface area contributed by atoms with Crippen molar-refractivity contribution in [2.75, 3.05) is 40.4 Å². The molecule has 20 heavy (non-hydrogen) atoms. The highest BCUT2D eigenvalue weighted by atomic mass is 32.2. The van der Waals surface area contributed by atoms with Crippen LogP contribution in [0.25, 0.3) is 0 Å². The van der Waals surface area contributed by atoms with Crippen LogP contribution >= 0.6 is 0 Å². The predicted octanol–water partition coefficient (Wildman–Crippen LogP) is -0.0632. The van der Waals surface area contributed by atoms with E-state index >= 15 is 0 Å². The maximum atomic E-state index is 12.0. The van der Waals surface area contributed by atoms with Crippen LogP contribution in [0.1, 0.15) is 11.5 Å². The summed E-state index contributed by atoms with van der Waals surface area (Å²) in [6, 6.07) is 1.32. The van der Waals surface area contributed by atoms with Crippen LogP contribution < -0.4 is 4.72 Å². The Morgan fingerprint density at radius 1 is 1.40 bits per heavy atom. The van der Waals surface area contributed by atoms with E-state index in [1.165, 1.54) is 6.07 Å². The van der Waals surface area contributed by atoms with Crippen molar-refractivity contribution in [3.63, 3.8) is 0 Å². The molecule has 8 heteroatoms. The third-order valence-corrected chi connectivity index (χ3v) is 4.16. The normalized spacial score (nSPS) is 12.2. The lowest BCUT2D eigenvalue weighted by Gasteiger charge is -2.10. The van der Waals surface area contributed by atoms with Gasteiger partial charge in [0.25, 0.3) is 0 Å². The summed E-state index contributed by atoms with van der Waals surface area (Å²) >= 11 is 0. The molecule has 1 aromatic rings. The lowest BCUT2D eigenvalue weighted by Crippen LogP contribution is -2.28. The Morgan fingerprint density at radius 3 is 2.65 bits per heavy atom. The Kier molecular flexibility index (Phi) is 6.63. The van der Waals surface area contributed by atoms with Gasteiger partial charge in [-0.15, -0.1) is 0 Å². The molecule has 1 rings (SSSR count). The van der Waals surface area contributed by atoms with Gasteiger partial charge in [0.15, 0.2) is 0 Å². The monoisotopic (exact) mass is 306 g/mol. The topological polar surface area (TPSA) is 92.0 Å². The average Bonchev–Trinajstić information content (AvgIpc) is 2.75. The molecule has 7 nitrogen and oxygen atoms in total. The van der Waals surface area contributed by atoms with Crippen LogP contribution in [0.4, 0.5) is 0 Å². The molecule has 0 saturated carbocycles. The summed E-state index contributed by atoms with van der Waals surface area (Å²) in [6.45, 7) is 3.04. The standard InChI is InChI=1S/C12H22N2O5S/c1-10-12(8-11(9-15)19-10)20(16,17)13-4-6-18-7-5-14(2)3/h8,13,15H,4-7,9H2,1-3H3. The first kappa shape index (κ1) is 17.1. The molecular formula is C12H22N2O5S. The summed E-state index contributed by atoms with van der Waals surface area (Å²) in [4.78, 5) is 2.03. The van der Waals surface area contributed by atoms with Crippen molar-refractivity contribution in [1.82, 2.24) is 9.62 Å². The predicted molar refractivity (Wildman–Crippen MR) is 73.9 cm³/mol. The van der Waals surface area contributed by atoms with Crippen LogP contribution in [0.2, 0.25) is 0 Å². The van der Waals surface area contributed by atoms with Gasteiger partial charge in [-0.25, -0.2) is 13.1 Å². The van der Waals surface area contributed by atoms with Crippen LogP contribution in [0, 0.1) is 6.92 Å². The Labute approximate surface area is 119 Å². The fourth-order valence-corrected chi connectivity index (χ4v) is 2.76. The SMILES string of the molecule is Cc1oc(CO)cc1S(=O)(=O)NCCOCCN(C)C. The molecular weight excluding hydrogens is 284 g/mol. The Hall–Kier alpha value is -0.930. The zero-order chi connectivity index (χ0) is 15.2. The zero-order valence-corrected chi connectivity index (χ0v) is 12.9. The van der Waals surface area contributed by atoms with Gasteiger partial charge >= 0.3 is 0 Å². The Balaban J connectivity index is 2.43. The quantitative estimate of drug-likeness (QED) is 0.621. The summed E-state index contributed by atoms with van der Waals surface area (Å²) < 4.78 is 36.9. The second-order valence-corrected chi connectivity index (χ2v) is 6.34. The molecule has 0 saturated heterocycles. The van der Waals surface area contributed by atoms with E-state index in [1.807, 2.05) is 19.0 Å². The number of aliphatic hydroxyl groups excluding tert-OH is 1. The maximum Gasteiger partial charge on any atom is 0.244 e. The first-order chi connectivity index (χ1) is 9.36. The Bertz CT molecular complexity index is 510. The molecule has 0 aliphatic carbocycles. The molecule has 0 aliphatic rings. The van der Waals surface area contributed by atoms with Crippen molar-refractivity contribution in [3.05, 3.63) is 17.6 Å². The van der Waals surface area contributed by atoms with Crippen LogP contribution in [0.3, 0.4) is 0 Å². The van der Waals surface area contributed by atoms with E-state index < -0.39 is 10.0 Å². The summed E-state index contributed by atoms with van der Waals surface area (Å²) in [5, 5.41) is 8.93. The first-order valence-corrected chi connectivity index (χ1v) is 7.77. The summed E-state index contributed by atoms with van der Waals surface area (Å²) in [5.74, 6) is 0.486. The van der Waals surface area contributed by atoms with E-state index in [9.17, 15) is 8.42 Å². The number of sulfonamides is 1. The van der Waals surface area contributed by atoms with E-state index in [0.717, 1.165) is 6.54 Å². The second kappa shape index (κ2) is 7.75. The first-order valence-electron chi connectivity index (χ1n) is 6.29. The molecule has 0 atom stereocenters. The van der Waals surface area contributed by atoms with Gasteiger partial charge in [0, 0.05) is 19.2 Å². The number of nitrogens with zero attached hydrogens (tertiary/aromatic N) is 1. The smallest absolute Gasteiger partial charge is 0.244 e. The van der Waals surface area contributed by atoms with E-state index in [-0.39, 0.29) is 29.6 Å². The molecule has 2 N–H and O–H groups in total. The number of aliphatic hydroxyl groups is 1. The molecule has 0 fully saturated rings. The number of likely N-dealkylation sites (N-methyl/N-ethyl adjacent to an activating group) is 1. The third-order valence-electron chi connectivity index (χ3n) is 2.59. The minimum atomic E-state index is -3.63. The zero-order valence-electron chi connectivity index (χ0n) is 12.0. The number of furan rings is 1. The van der Waals surface area contributed by atoms with E-state index in [2.05, 4.69) is 4.72 Å². The minimum Gasteiger partial charge on any atom is -0.462 e. The number of rotatable bonds is 9. The van der Waals surface area contributed by atoms with E-state index in [4.69, 9.17) is 14.3 Å². The van der Waals surface area contributed by atoms with Crippen LogP contribution in [-0.2, 0) is 21.4 Å². The molecule has 0 bridgehead atoms. The number of aryl methyl sites for hydroxylation is 1. The molecule has 0 radical (unpaired) electrons. The van der Waals surface area contributed by atoms with Crippen molar-refractivity contribution >= 4 is 10.0 Å². The molecule has 0 spiro atoms. The van der Waals surface area contributed by atoms with Crippen molar-refractivity contribution in [2.45, 2.75) is 18.4 Å². The van der Waals surface area contributed by atoms with Crippen LogP contribution in [-0.4, -0.2) is 58.8 Å². The molecule has 1 heterocycles. The van der Waals surface area contributed by atoms with Gasteiger partial charge in [0.05, 0.1) is 13.2 Å². The van der Waals surface area contributed by atoms with Gasteiger partial charge < -0.3 is 19.2 Å². The number of hydrogen-bond donors (Lipinski definition) is 2. The van der Waals surface area contributed by atoms with Gasteiger partial charge in [-0.05, 0) is 21.0 Å². The highest BCUT2D eigenvalue weighted by Gasteiger charge is 2.20. The molecule has 0 aromatic carbocycles. The highest BCUT2D eigenvalue weighted by molar-refractivity contribution is 7.89. The van der Waals surface area contributed by atoms with E-state index in [0.29, 0.717) is 13.2 Å². The Morgan fingerprint density at radius 2 is 2.10 bits per heavy atom. The molecule has 0 aliphatic heterocycles. The molecule has 1 aromatic heterocycles. The number of hydrogen-bond acceptors (Lipinski definition) is 6. The van der Waals surface area contributed by atoms with Gasteiger partial charge in [0.2, 0.25) is 10.0 Å². The maximum absolute atomic E-state index is 12.0. The largest absolute Gasteiger partial charge is 0.462 e. The third kappa shape index (κ3) is 5.22. The van der Waals surface area contributed by atoms with E-state index in [1.54, 1.807) is 6.92 Å². The van der Waals surface area contributed by atoms with Crippen LogP contribution in [0.15, 0.2) is 15.4 Å². The number of ether oxygens (including phenoxy) is 1. The van der Waals surface area contributed by atoms with Crippen molar-refractivity contribution in [3.8, 4) is 0 Å². The van der Waals surface area contributed by atoms with Crippen LogP contribution in [0.5, 0.6) is 0 Å². The number of nitrogens with one attached hydrogen (secondary N) is 1. The molecule has 0 unspecified atom stereocenters. The van der Waals surface area contributed by atoms with Crippen molar-refractivity contribution in [2.24, 2.45) is 0 Å². The van der Waals surface area contributed by atoms with Gasteiger partial charge in [-0.1, -0.05) is 0 Å². The fraction of sp³-hybridized carbons (Fsp3) is 0.667. The van der Waals surface area contributed by atoms with Crippen molar-refractivity contribution < 1.29 is 22.7 Å². The van der Waals surface area contributed by atoms with Crippen molar-refractivity contribution in [1.29, 1.82) is 0 Å². The highest BCUT2D eigenvalue weighted by Crippen LogP contribution is 2.19. The summed E-state index contributed by atoms with van der Waals surface area (Å²) in [7, 11) is 0.245. The van der Waals surface area contributed by atoms with Gasteiger partial charge in [-0.3, -0.25) is 0 Å². The minimum absolute atomic E-state index is 0.0508. The lowest BCUT2D eigenvalue weighted by molar-refractivity contribution is 0.122. The molecule has 0 amide bonds. The average molecular weight is 306 g/mol.